The van der Waals surface area contributed by atoms with Crippen LogP contribution in [0.15, 0.2) is 30.5 Å². The van der Waals surface area contributed by atoms with Gasteiger partial charge in [0.05, 0.1) is 6.54 Å². The number of aryl methyl sites for hydroxylation is 1. The number of hydrogen-bond donors (Lipinski definition) is 2. The van der Waals surface area contributed by atoms with Crippen LogP contribution in [0.1, 0.15) is 19.4 Å². The molecule has 2 rings (SSSR count). The Morgan fingerprint density at radius 3 is 2.74 bits per heavy atom. The zero-order valence-corrected chi connectivity index (χ0v) is 11.6. The van der Waals surface area contributed by atoms with Gasteiger partial charge in [0.25, 0.3) is 0 Å². The zero-order valence-electron chi connectivity index (χ0n) is 11.6. The van der Waals surface area contributed by atoms with E-state index in [2.05, 4.69) is 42.1 Å². The van der Waals surface area contributed by atoms with E-state index >= 15 is 0 Å². The Morgan fingerprint density at radius 1 is 1.37 bits per heavy atom. The fourth-order valence-electron chi connectivity index (χ4n) is 2.46. The summed E-state index contributed by atoms with van der Waals surface area (Å²) in [6.45, 7) is 4.88. The Labute approximate surface area is 113 Å². The fourth-order valence-corrected chi connectivity index (χ4v) is 2.46. The lowest BCUT2D eigenvalue weighted by molar-refractivity contribution is -0.136. The molecule has 4 heteroatoms. The third kappa shape index (κ3) is 2.79. The number of para-hydroxylation sites is 1. The minimum Gasteiger partial charge on any atom is -0.480 e. The van der Waals surface area contributed by atoms with E-state index in [1.165, 1.54) is 16.5 Å². The number of carboxylic acid groups (broad SMARTS) is 1. The van der Waals surface area contributed by atoms with Gasteiger partial charge < -0.3 is 15.0 Å². The van der Waals surface area contributed by atoms with Crippen molar-refractivity contribution in [3.05, 3.63) is 36.0 Å². The summed E-state index contributed by atoms with van der Waals surface area (Å²) in [5, 5.41) is 12.9. The van der Waals surface area contributed by atoms with Crippen LogP contribution in [0.3, 0.4) is 0 Å². The molecule has 4 nitrogen and oxygen atoms in total. The van der Waals surface area contributed by atoms with E-state index in [1.54, 1.807) is 0 Å². The van der Waals surface area contributed by atoms with Crippen LogP contribution in [0.4, 0.5) is 0 Å². The first-order chi connectivity index (χ1) is 8.92. The topological polar surface area (TPSA) is 54.3 Å². The Kier molecular flexibility index (Phi) is 3.62. The van der Waals surface area contributed by atoms with Crippen LogP contribution >= 0.6 is 0 Å². The molecule has 0 spiro atoms. The van der Waals surface area contributed by atoms with Gasteiger partial charge in [-0.25, -0.2) is 0 Å². The lowest BCUT2D eigenvalue weighted by Crippen LogP contribution is -2.35. The van der Waals surface area contributed by atoms with Gasteiger partial charge in [0, 0.05) is 36.1 Å². The molecule has 0 amide bonds. The molecule has 0 saturated carbocycles. The zero-order chi connectivity index (χ0) is 14.0. The largest absolute Gasteiger partial charge is 0.480 e. The SMILES string of the molecule is Cn1cc(C(C)(C)CNCC(=O)O)c2ccccc21. The maximum absolute atomic E-state index is 10.6. The maximum atomic E-state index is 10.6. The number of aliphatic carboxylic acids is 1. The first-order valence-electron chi connectivity index (χ1n) is 6.39. The van der Waals surface area contributed by atoms with Crippen LogP contribution in [-0.2, 0) is 17.3 Å². The summed E-state index contributed by atoms with van der Waals surface area (Å²) < 4.78 is 2.11. The number of carboxylic acids is 1. The molecule has 0 aliphatic rings. The van der Waals surface area contributed by atoms with E-state index in [0.717, 1.165) is 0 Å². The first-order valence-corrected chi connectivity index (χ1v) is 6.39. The smallest absolute Gasteiger partial charge is 0.317 e. The molecule has 0 saturated heterocycles. The van der Waals surface area contributed by atoms with Crippen molar-refractivity contribution in [3.63, 3.8) is 0 Å². The van der Waals surface area contributed by atoms with Crippen LogP contribution in [0, 0.1) is 0 Å². The number of benzene rings is 1. The highest BCUT2D eigenvalue weighted by Gasteiger charge is 2.24. The lowest BCUT2D eigenvalue weighted by atomic mass is 9.84. The Bertz CT molecular complexity index is 599. The van der Waals surface area contributed by atoms with E-state index in [0.29, 0.717) is 6.54 Å². The normalized spacial score (nSPS) is 11.9. The number of aromatic nitrogens is 1. The molecule has 102 valence electrons. The highest BCUT2D eigenvalue weighted by atomic mass is 16.4. The van der Waals surface area contributed by atoms with E-state index < -0.39 is 5.97 Å². The summed E-state index contributed by atoms with van der Waals surface area (Å²) in [6.07, 6.45) is 2.13. The van der Waals surface area contributed by atoms with Crippen LogP contribution in [-0.4, -0.2) is 28.7 Å². The monoisotopic (exact) mass is 260 g/mol. The lowest BCUT2D eigenvalue weighted by Gasteiger charge is -2.24. The molecule has 2 aromatic rings. The van der Waals surface area contributed by atoms with E-state index in [9.17, 15) is 4.79 Å². The van der Waals surface area contributed by atoms with Gasteiger partial charge in [-0.2, -0.15) is 0 Å². The summed E-state index contributed by atoms with van der Waals surface area (Å²) >= 11 is 0. The van der Waals surface area contributed by atoms with Crippen molar-refractivity contribution in [3.8, 4) is 0 Å². The molecule has 0 atom stereocenters. The van der Waals surface area contributed by atoms with Crippen LogP contribution in [0.2, 0.25) is 0 Å². The number of carbonyl (C=O) groups is 1. The van der Waals surface area contributed by atoms with E-state index in [4.69, 9.17) is 5.11 Å². The van der Waals surface area contributed by atoms with Gasteiger partial charge in [0.15, 0.2) is 0 Å². The predicted octanol–water partition coefficient (Wildman–Crippen LogP) is 2.13. The number of hydrogen-bond acceptors (Lipinski definition) is 2. The van der Waals surface area contributed by atoms with Crippen LogP contribution in [0.5, 0.6) is 0 Å². The molecule has 0 aliphatic carbocycles. The van der Waals surface area contributed by atoms with Crippen molar-refractivity contribution in [2.45, 2.75) is 19.3 Å². The van der Waals surface area contributed by atoms with Crippen molar-refractivity contribution in [1.82, 2.24) is 9.88 Å². The van der Waals surface area contributed by atoms with E-state index in [1.807, 2.05) is 19.2 Å². The van der Waals surface area contributed by atoms with Crippen molar-refractivity contribution < 1.29 is 9.90 Å². The molecule has 0 fully saturated rings. The van der Waals surface area contributed by atoms with Gasteiger partial charge in [0.2, 0.25) is 0 Å². The molecule has 19 heavy (non-hydrogen) atoms. The second kappa shape index (κ2) is 5.05. The number of rotatable bonds is 5. The van der Waals surface area contributed by atoms with Crippen LogP contribution < -0.4 is 5.32 Å². The van der Waals surface area contributed by atoms with Crippen LogP contribution in [0.25, 0.3) is 10.9 Å². The third-order valence-corrected chi connectivity index (χ3v) is 3.47. The third-order valence-electron chi connectivity index (χ3n) is 3.47. The fraction of sp³-hybridized carbons (Fsp3) is 0.400. The summed E-state index contributed by atoms with van der Waals surface area (Å²) in [7, 11) is 2.03. The quantitative estimate of drug-likeness (QED) is 0.866. The minimum absolute atomic E-state index is 0.00576. The molecule has 1 heterocycles. The number of nitrogens with one attached hydrogen (secondary N) is 1. The summed E-state index contributed by atoms with van der Waals surface area (Å²) in [4.78, 5) is 10.6. The highest BCUT2D eigenvalue weighted by molar-refractivity contribution is 5.85. The maximum Gasteiger partial charge on any atom is 0.317 e. The molecular formula is C15H20N2O2. The molecule has 1 aromatic heterocycles. The van der Waals surface area contributed by atoms with Gasteiger partial charge >= 0.3 is 5.97 Å². The molecule has 1 aromatic carbocycles. The standard InChI is InChI=1S/C15H20N2O2/c1-15(2,10-16-8-14(18)19)12-9-17(3)13-7-5-4-6-11(12)13/h4-7,9,16H,8,10H2,1-3H3,(H,18,19). The number of fused-ring (bicyclic) bond motifs is 1. The second-order valence-electron chi connectivity index (χ2n) is 5.55. The Balaban J connectivity index is 2.29. The van der Waals surface area contributed by atoms with Gasteiger partial charge in [-0.15, -0.1) is 0 Å². The highest BCUT2D eigenvalue weighted by Crippen LogP contribution is 2.31. The molecule has 0 bridgehead atoms. The van der Waals surface area contributed by atoms with Gasteiger partial charge in [-0.05, 0) is 11.6 Å². The first kappa shape index (κ1) is 13.6. The van der Waals surface area contributed by atoms with Crippen molar-refractivity contribution >= 4 is 16.9 Å². The van der Waals surface area contributed by atoms with Crippen molar-refractivity contribution in [2.75, 3.05) is 13.1 Å². The van der Waals surface area contributed by atoms with Gasteiger partial charge in [-0.1, -0.05) is 32.0 Å². The molecular weight excluding hydrogens is 240 g/mol. The summed E-state index contributed by atoms with van der Waals surface area (Å²) in [6, 6.07) is 8.28. The summed E-state index contributed by atoms with van der Waals surface area (Å²) in [5.74, 6) is -0.825. The van der Waals surface area contributed by atoms with Gasteiger partial charge in [-0.3, -0.25) is 4.79 Å². The summed E-state index contributed by atoms with van der Waals surface area (Å²) in [5.41, 5.74) is 2.32. The van der Waals surface area contributed by atoms with Crippen molar-refractivity contribution in [2.24, 2.45) is 7.05 Å². The minimum atomic E-state index is -0.825. The predicted molar refractivity (Wildman–Crippen MR) is 76.5 cm³/mol. The average Bonchev–Trinajstić information content (AvgIpc) is 2.68. The molecule has 0 aliphatic heterocycles. The number of nitrogens with zero attached hydrogens (tertiary/aromatic N) is 1. The molecule has 0 radical (unpaired) electrons. The molecule has 0 unspecified atom stereocenters. The second-order valence-corrected chi connectivity index (χ2v) is 5.55. The Hall–Kier alpha value is -1.81. The Morgan fingerprint density at radius 2 is 2.05 bits per heavy atom. The molecule has 2 N–H and O–H groups in total. The van der Waals surface area contributed by atoms with Crippen molar-refractivity contribution in [1.29, 1.82) is 0 Å². The van der Waals surface area contributed by atoms with Gasteiger partial charge in [0.1, 0.15) is 0 Å². The van der Waals surface area contributed by atoms with E-state index in [-0.39, 0.29) is 12.0 Å². The average molecular weight is 260 g/mol.